The Labute approximate surface area is 244 Å². The third kappa shape index (κ3) is 6.82. The van der Waals surface area contributed by atoms with Crippen LogP contribution < -0.4 is 5.32 Å². The first-order chi connectivity index (χ1) is 18.6. The van der Waals surface area contributed by atoms with Crippen molar-refractivity contribution in [2.45, 2.75) is 110 Å². The summed E-state index contributed by atoms with van der Waals surface area (Å²) >= 11 is 6.37. The van der Waals surface area contributed by atoms with Crippen LogP contribution in [-0.4, -0.2) is 72.4 Å². The maximum atomic E-state index is 13.9. The van der Waals surface area contributed by atoms with Gasteiger partial charge in [-0.15, -0.1) is 0 Å². The predicted octanol–water partition coefficient (Wildman–Crippen LogP) is 4.74. The van der Waals surface area contributed by atoms with E-state index in [0.29, 0.717) is 11.1 Å². The summed E-state index contributed by atoms with van der Waals surface area (Å²) in [4.78, 5) is 50.5. The Balaban J connectivity index is 2.00. The van der Waals surface area contributed by atoms with Gasteiger partial charge in [-0.2, -0.15) is 9.97 Å². The van der Waals surface area contributed by atoms with E-state index in [9.17, 15) is 14.4 Å². The van der Waals surface area contributed by atoms with Gasteiger partial charge in [-0.3, -0.25) is 19.5 Å². The number of aromatic nitrogens is 4. The van der Waals surface area contributed by atoms with Crippen molar-refractivity contribution in [2.75, 3.05) is 11.9 Å². The summed E-state index contributed by atoms with van der Waals surface area (Å²) < 4.78 is 20.6. The van der Waals surface area contributed by atoms with Crippen molar-refractivity contribution in [2.24, 2.45) is 5.92 Å². The lowest BCUT2D eigenvalue weighted by Gasteiger charge is -2.34. The maximum Gasteiger partial charge on any atom is 0.340 e. The van der Waals surface area contributed by atoms with Crippen LogP contribution in [0.15, 0.2) is 6.33 Å². The Morgan fingerprint density at radius 3 is 2.25 bits per heavy atom. The van der Waals surface area contributed by atoms with E-state index in [-0.39, 0.29) is 57.6 Å². The van der Waals surface area contributed by atoms with Crippen LogP contribution in [0.25, 0.3) is 11.2 Å². The third-order valence-electron chi connectivity index (χ3n) is 7.31. The molecule has 3 atom stereocenters. The van der Waals surface area contributed by atoms with Crippen LogP contribution in [0.5, 0.6) is 0 Å². The second-order valence-corrected chi connectivity index (χ2v) is 20.4. The smallest absolute Gasteiger partial charge is 0.340 e. The van der Waals surface area contributed by atoms with Crippen LogP contribution >= 0.6 is 11.6 Å². The molecule has 1 amide bonds. The van der Waals surface area contributed by atoms with E-state index in [1.807, 2.05) is 27.7 Å². The van der Waals surface area contributed by atoms with Crippen LogP contribution in [0, 0.1) is 5.92 Å². The molecule has 1 fully saturated rings. The van der Waals surface area contributed by atoms with E-state index in [1.165, 1.54) is 10.9 Å². The number of anilines is 1. The zero-order chi connectivity index (χ0) is 30.1. The zero-order valence-corrected chi connectivity index (χ0v) is 28.0. The van der Waals surface area contributed by atoms with E-state index in [0.717, 1.165) is 0 Å². The largest absolute Gasteiger partial charge is 0.410 e. The monoisotopic (exact) mass is 613 g/mol. The van der Waals surface area contributed by atoms with Gasteiger partial charge in [-0.25, -0.2) is 4.98 Å². The predicted molar refractivity (Wildman–Crippen MR) is 159 cm³/mol. The quantitative estimate of drug-likeness (QED) is 0.257. The first kappa shape index (κ1) is 32.8. The summed E-state index contributed by atoms with van der Waals surface area (Å²) in [6.45, 7) is 19.7. The molecule has 0 spiro atoms. The number of rotatable bonds is 12. The molecule has 0 saturated carbocycles. The molecule has 40 heavy (non-hydrogen) atoms. The van der Waals surface area contributed by atoms with E-state index in [2.05, 4.69) is 48.0 Å². The number of fused-ring (bicyclic) bond motifs is 1. The van der Waals surface area contributed by atoms with Gasteiger partial charge in [0.2, 0.25) is 17.6 Å². The number of imidazole rings is 1. The van der Waals surface area contributed by atoms with Gasteiger partial charge in [-0.1, -0.05) is 80.8 Å². The number of nitrogens with one attached hydrogen (secondary N) is 1. The molecule has 1 saturated heterocycles. The van der Waals surface area contributed by atoms with E-state index in [4.69, 9.17) is 25.2 Å². The number of Topliss-reactive ketones (excluding diaryl/α,β-unsaturated/α-hetero) is 1. The highest BCUT2D eigenvalue weighted by Crippen LogP contribution is 2.36. The molecular formula is C26H44ClN5O6Si2. The number of ether oxygens (including phenoxy) is 1. The van der Waals surface area contributed by atoms with Crippen molar-refractivity contribution in [1.82, 2.24) is 19.5 Å². The van der Waals surface area contributed by atoms with Gasteiger partial charge in [0, 0.05) is 5.92 Å². The van der Waals surface area contributed by atoms with Crippen molar-refractivity contribution >= 4 is 58.0 Å². The highest BCUT2D eigenvalue weighted by Gasteiger charge is 2.50. The molecule has 0 aliphatic carbocycles. The van der Waals surface area contributed by atoms with E-state index in [1.54, 1.807) is 13.8 Å². The second kappa shape index (κ2) is 13.1. The topological polar surface area (TPSA) is 138 Å². The molecule has 1 aliphatic heterocycles. The summed E-state index contributed by atoms with van der Waals surface area (Å²) in [6.07, 6.45) is -1.30. The van der Waals surface area contributed by atoms with Gasteiger partial charge >= 0.3 is 8.56 Å². The van der Waals surface area contributed by atoms with E-state index < -0.39 is 36.0 Å². The van der Waals surface area contributed by atoms with Gasteiger partial charge in [-0.05, 0) is 22.2 Å². The standard InChI is InChI=1S/C26H44ClN5O6Si2/c1-13(2)24(34)31-26-29-22(27)19-23(30-26)32(12-28-19)25-20(33)21(38-39(14(3)4)15(5)6)18(37-25)11-36-40(35,16(7)8)17(9)10/h12-18,21,25,35,39H,11H2,1-10H3,(H,29,30,31,34)/t18-,21?,25-/m1/s1. The average Bonchev–Trinajstić information content (AvgIpc) is 3.40. The molecule has 1 aliphatic rings. The lowest BCUT2D eigenvalue weighted by molar-refractivity contribution is -0.129. The molecule has 2 aromatic heterocycles. The number of nitrogens with zero attached hydrogens (tertiary/aromatic N) is 4. The van der Waals surface area contributed by atoms with Crippen molar-refractivity contribution in [3.63, 3.8) is 0 Å². The number of ketones is 1. The zero-order valence-electron chi connectivity index (χ0n) is 25.1. The van der Waals surface area contributed by atoms with Gasteiger partial charge in [0.1, 0.15) is 17.7 Å². The Hall–Kier alpha value is -1.75. The van der Waals surface area contributed by atoms with Crippen molar-refractivity contribution < 1.29 is 28.0 Å². The van der Waals surface area contributed by atoms with Gasteiger partial charge in [0.15, 0.2) is 26.1 Å². The molecule has 3 heterocycles. The third-order valence-corrected chi connectivity index (χ3v) is 14.7. The number of halogens is 1. The Bertz CT molecular complexity index is 1190. The Kier molecular flexibility index (Phi) is 10.7. The molecule has 14 heteroatoms. The SMILES string of the molecule is CC(C)C(=O)Nc1nc(Cl)c2ncn([C@@H]3O[C@H](CO[Si](O)(C(C)C)C(C)C)C(O[SiH](C(C)C)C(C)C)C3=O)c2n1. The fraction of sp³-hybridized carbons (Fsp3) is 0.731. The minimum atomic E-state index is -3.11. The number of carbonyl (C=O) groups is 2. The number of hydrogen-bond donors (Lipinski definition) is 2. The lowest BCUT2D eigenvalue weighted by Crippen LogP contribution is -2.48. The van der Waals surface area contributed by atoms with Crippen LogP contribution in [0.1, 0.15) is 75.5 Å². The van der Waals surface area contributed by atoms with Gasteiger partial charge in [0.25, 0.3) is 0 Å². The maximum absolute atomic E-state index is 13.9. The summed E-state index contributed by atoms with van der Waals surface area (Å²) in [5.74, 6) is -0.841. The van der Waals surface area contributed by atoms with Gasteiger partial charge < -0.3 is 18.4 Å². The Morgan fingerprint density at radius 1 is 1.12 bits per heavy atom. The fourth-order valence-corrected chi connectivity index (χ4v) is 10.4. The Morgan fingerprint density at radius 2 is 1.73 bits per heavy atom. The molecule has 0 bridgehead atoms. The van der Waals surface area contributed by atoms with Crippen molar-refractivity contribution in [3.8, 4) is 0 Å². The van der Waals surface area contributed by atoms with E-state index >= 15 is 0 Å². The molecular weight excluding hydrogens is 570 g/mol. The summed E-state index contributed by atoms with van der Waals surface area (Å²) in [5, 5.41) is 2.68. The van der Waals surface area contributed by atoms with Crippen LogP contribution in [0.2, 0.25) is 27.3 Å². The second-order valence-electron chi connectivity index (χ2n) is 12.1. The molecule has 11 nitrogen and oxygen atoms in total. The average molecular weight is 614 g/mol. The first-order valence-corrected chi connectivity index (χ1v) is 18.2. The number of carbonyl (C=O) groups excluding carboxylic acids is 2. The molecule has 1 unspecified atom stereocenters. The first-order valence-electron chi connectivity index (χ1n) is 14.0. The minimum Gasteiger partial charge on any atom is -0.410 e. The lowest BCUT2D eigenvalue weighted by atomic mass is 10.1. The summed E-state index contributed by atoms with van der Waals surface area (Å²) in [5.41, 5.74) is 0.996. The molecule has 0 radical (unpaired) electrons. The van der Waals surface area contributed by atoms with Crippen LogP contribution in [0.4, 0.5) is 5.95 Å². The van der Waals surface area contributed by atoms with Crippen molar-refractivity contribution in [3.05, 3.63) is 11.5 Å². The molecule has 224 valence electrons. The fourth-order valence-electron chi connectivity index (χ4n) is 4.94. The summed E-state index contributed by atoms with van der Waals surface area (Å²) in [6, 6.07) is 0. The molecule has 0 aromatic carbocycles. The highest BCUT2D eigenvalue weighted by atomic mass is 35.5. The summed E-state index contributed by atoms with van der Waals surface area (Å²) in [7, 11) is -4.95. The molecule has 3 rings (SSSR count). The van der Waals surface area contributed by atoms with Gasteiger partial charge in [0.05, 0.1) is 12.9 Å². The molecule has 2 aromatic rings. The highest BCUT2D eigenvalue weighted by molar-refractivity contribution is 6.68. The van der Waals surface area contributed by atoms with Crippen LogP contribution in [0.3, 0.4) is 0 Å². The number of amides is 1. The number of hydrogen-bond acceptors (Lipinski definition) is 9. The molecule has 2 N–H and O–H groups in total. The normalized spacial score (nSPS) is 20.4. The van der Waals surface area contributed by atoms with Crippen molar-refractivity contribution in [1.29, 1.82) is 0 Å². The minimum absolute atomic E-state index is 0.00750. The van der Waals surface area contributed by atoms with Crippen LogP contribution in [-0.2, 0) is 23.2 Å².